The Morgan fingerprint density at radius 3 is 2.47 bits per heavy atom. The van der Waals surface area contributed by atoms with Crippen molar-refractivity contribution in [3.05, 3.63) is 29.3 Å². The molecule has 1 saturated heterocycles. The van der Waals surface area contributed by atoms with Gasteiger partial charge in [0.25, 0.3) is 5.91 Å². The molecule has 0 radical (unpaired) electrons. The standard InChI is InChI=1S/C26H40N4O4/c1-6-25(3,13-14-27)16-26(4,7-2)17-28-20-10-8-9-18(19(20)15-31)24(34)30(5)21-11-12-22(32)29-23(21)33/h8-10,15,21,28H,6-7,11-14,16-17,27H2,1-5H3,(H,29,32,33). The van der Waals surface area contributed by atoms with Gasteiger partial charge in [-0.05, 0) is 55.2 Å². The van der Waals surface area contributed by atoms with Crippen molar-refractivity contribution < 1.29 is 19.2 Å². The molecule has 0 aromatic heterocycles. The number of nitrogens with one attached hydrogen (secondary N) is 2. The van der Waals surface area contributed by atoms with Gasteiger partial charge in [-0.25, -0.2) is 0 Å². The first-order valence-corrected chi connectivity index (χ1v) is 12.2. The summed E-state index contributed by atoms with van der Waals surface area (Å²) in [4.78, 5) is 50.3. The fourth-order valence-corrected chi connectivity index (χ4v) is 4.81. The number of benzene rings is 1. The number of amides is 3. The van der Waals surface area contributed by atoms with Gasteiger partial charge < -0.3 is 16.0 Å². The van der Waals surface area contributed by atoms with Crippen molar-refractivity contribution >= 4 is 29.7 Å². The maximum Gasteiger partial charge on any atom is 0.255 e. The molecule has 2 rings (SSSR count). The minimum Gasteiger partial charge on any atom is -0.384 e. The van der Waals surface area contributed by atoms with Gasteiger partial charge in [0.2, 0.25) is 11.8 Å². The highest BCUT2D eigenvalue weighted by Gasteiger charge is 2.35. The van der Waals surface area contributed by atoms with Crippen LogP contribution in [-0.4, -0.2) is 55.1 Å². The van der Waals surface area contributed by atoms with Gasteiger partial charge in [-0.3, -0.25) is 24.5 Å². The summed E-state index contributed by atoms with van der Waals surface area (Å²) in [6, 6.07) is 4.36. The molecule has 1 aromatic rings. The molecule has 3 unspecified atom stereocenters. The summed E-state index contributed by atoms with van der Waals surface area (Å²) in [5, 5.41) is 5.69. The van der Waals surface area contributed by atoms with E-state index in [2.05, 4.69) is 38.3 Å². The fraction of sp³-hybridized carbons (Fsp3) is 0.615. The number of aldehydes is 1. The van der Waals surface area contributed by atoms with Crippen molar-refractivity contribution in [2.75, 3.05) is 25.5 Å². The molecule has 1 aliphatic rings. The predicted molar refractivity (Wildman–Crippen MR) is 134 cm³/mol. The Hall–Kier alpha value is -2.74. The van der Waals surface area contributed by atoms with Crippen molar-refractivity contribution in [2.24, 2.45) is 16.6 Å². The van der Waals surface area contributed by atoms with Gasteiger partial charge in [0, 0.05) is 25.7 Å². The van der Waals surface area contributed by atoms with Crippen molar-refractivity contribution in [2.45, 2.75) is 72.3 Å². The van der Waals surface area contributed by atoms with E-state index in [9.17, 15) is 19.2 Å². The number of carbonyl (C=O) groups is 4. The Morgan fingerprint density at radius 2 is 1.91 bits per heavy atom. The van der Waals surface area contributed by atoms with Gasteiger partial charge in [0.05, 0.1) is 11.1 Å². The van der Waals surface area contributed by atoms with E-state index in [0.29, 0.717) is 25.1 Å². The van der Waals surface area contributed by atoms with Gasteiger partial charge in [0.1, 0.15) is 6.04 Å². The highest BCUT2D eigenvalue weighted by molar-refractivity contribution is 6.07. The first-order chi connectivity index (χ1) is 16.0. The molecule has 0 saturated carbocycles. The minimum absolute atomic E-state index is 0.0242. The number of anilines is 1. The Balaban J connectivity index is 2.23. The van der Waals surface area contributed by atoms with Crippen LogP contribution in [0.2, 0.25) is 0 Å². The summed E-state index contributed by atoms with van der Waals surface area (Å²) in [5.41, 5.74) is 7.06. The zero-order chi connectivity index (χ0) is 25.5. The van der Waals surface area contributed by atoms with Crippen LogP contribution in [0.25, 0.3) is 0 Å². The lowest BCUT2D eigenvalue weighted by atomic mass is 9.68. The lowest BCUT2D eigenvalue weighted by molar-refractivity contribution is -0.136. The molecule has 4 N–H and O–H groups in total. The number of nitrogens with two attached hydrogens (primary N) is 1. The van der Waals surface area contributed by atoms with E-state index in [0.717, 1.165) is 25.7 Å². The van der Waals surface area contributed by atoms with Crippen LogP contribution in [0.15, 0.2) is 18.2 Å². The summed E-state index contributed by atoms with van der Waals surface area (Å²) in [7, 11) is 1.52. The number of nitrogens with zero attached hydrogens (tertiary/aromatic N) is 1. The number of hydrogen-bond donors (Lipinski definition) is 3. The average Bonchev–Trinajstić information content (AvgIpc) is 2.81. The Bertz CT molecular complexity index is 918. The number of piperidine rings is 1. The quantitative estimate of drug-likeness (QED) is 0.317. The summed E-state index contributed by atoms with van der Waals surface area (Å²) < 4.78 is 0. The van der Waals surface area contributed by atoms with E-state index < -0.39 is 17.9 Å². The molecule has 8 nitrogen and oxygen atoms in total. The summed E-state index contributed by atoms with van der Waals surface area (Å²) in [6.07, 6.45) is 5.05. The number of likely N-dealkylation sites (N-methyl/N-ethyl adjacent to an activating group) is 1. The molecular weight excluding hydrogens is 432 g/mol. The van der Waals surface area contributed by atoms with E-state index in [1.807, 2.05) is 0 Å². The number of imide groups is 1. The molecular formula is C26H40N4O4. The Kier molecular flexibility index (Phi) is 9.38. The largest absolute Gasteiger partial charge is 0.384 e. The summed E-state index contributed by atoms with van der Waals surface area (Å²) >= 11 is 0. The lowest BCUT2D eigenvalue weighted by Crippen LogP contribution is -2.53. The normalized spacial score (nSPS) is 19.5. The molecule has 34 heavy (non-hydrogen) atoms. The van der Waals surface area contributed by atoms with Crippen LogP contribution < -0.4 is 16.4 Å². The second-order valence-electron chi connectivity index (χ2n) is 10.2. The molecule has 0 bridgehead atoms. The van der Waals surface area contributed by atoms with E-state index in [1.165, 1.54) is 11.9 Å². The molecule has 8 heteroatoms. The second-order valence-corrected chi connectivity index (χ2v) is 10.2. The Labute approximate surface area is 203 Å². The third-order valence-electron chi connectivity index (χ3n) is 7.47. The topological polar surface area (TPSA) is 122 Å². The van der Waals surface area contributed by atoms with Crippen molar-refractivity contribution in [1.29, 1.82) is 0 Å². The molecule has 1 heterocycles. The number of rotatable bonds is 12. The minimum atomic E-state index is -0.751. The van der Waals surface area contributed by atoms with Crippen LogP contribution in [0.5, 0.6) is 0 Å². The molecule has 188 valence electrons. The fourth-order valence-electron chi connectivity index (χ4n) is 4.81. The van der Waals surface area contributed by atoms with Gasteiger partial charge in [-0.1, -0.05) is 40.2 Å². The number of hydrogen-bond acceptors (Lipinski definition) is 6. The number of carbonyl (C=O) groups excluding carboxylic acids is 4. The van der Waals surface area contributed by atoms with Gasteiger partial charge >= 0.3 is 0 Å². The lowest BCUT2D eigenvalue weighted by Gasteiger charge is -2.39. The monoisotopic (exact) mass is 472 g/mol. The molecule has 1 aromatic carbocycles. The van der Waals surface area contributed by atoms with Crippen LogP contribution >= 0.6 is 0 Å². The van der Waals surface area contributed by atoms with E-state index in [4.69, 9.17) is 5.73 Å². The van der Waals surface area contributed by atoms with Crippen LogP contribution in [-0.2, 0) is 9.59 Å². The van der Waals surface area contributed by atoms with Crippen LogP contribution in [0.4, 0.5) is 5.69 Å². The third kappa shape index (κ3) is 6.44. The van der Waals surface area contributed by atoms with Crippen LogP contribution in [0.3, 0.4) is 0 Å². The Morgan fingerprint density at radius 1 is 1.24 bits per heavy atom. The maximum atomic E-state index is 13.2. The zero-order valence-corrected chi connectivity index (χ0v) is 21.2. The van der Waals surface area contributed by atoms with Crippen molar-refractivity contribution in [3.8, 4) is 0 Å². The van der Waals surface area contributed by atoms with Crippen LogP contribution in [0, 0.1) is 10.8 Å². The zero-order valence-electron chi connectivity index (χ0n) is 21.2. The summed E-state index contributed by atoms with van der Waals surface area (Å²) in [5.74, 6) is -1.27. The molecule has 1 fully saturated rings. The van der Waals surface area contributed by atoms with E-state index >= 15 is 0 Å². The molecule has 0 spiro atoms. The third-order valence-corrected chi connectivity index (χ3v) is 7.47. The highest BCUT2D eigenvalue weighted by Crippen LogP contribution is 2.41. The predicted octanol–water partition coefficient (Wildman–Crippen LogP) is 3.36. The molecule has 3 atom stereocenters. The molecule has 1 aliphatic heterocycles. The van der Waals surface area contributed by atoms with E-state index in [-0.39, 0.29) is 40.7 Å². The maximum absolute atomic E-state index is 13.2. The molecule has 3 amide bonds. The van der Waals surface area contributed by atoms with E-state index in [1.54, 1.807) is 18.2 Å². The summed E-state index contributed by atoms with van der Waals surface area (Å²) in [6.45, 7) is 10.2. The smallest absolute Gasteiger partial charge is 0.255 e. The molecule has 0 aliphatic carbocycles. The average molecular weight is 473 g/mol. The van der Waals surface area contributed by atoms with Gasteiger partial charge in [-0.15, -0.1) is 0 Å². The highest BCUT2D eigenvalue weighted by atomic mass is 16.2. The van der Waals surface area contributed by atoms with Crippen LogP contribution in [0.1, 0.15) is 86.9 Å². The van der Waals surface area contributed by atoms with Gasteiger partial charge in [0.15, 0.2) is 6.29 Å². The van der Waals surface area contributed by atoms with Gasteiger partial charge in [-0.2, -0.15) is 0 Å². The first kappa shape index (κ1) is 27.5. The second kappa shape index (κ2) is 11.6. The first-order valence-electron chi connectivity index (χ1n) is 12.2. The SMILES string of the molecule is CCC(C)(CCN)CC(C)(CC)CNc1cccc(C(=O)N(C)C2CCC(=O)NC2=O)c1C=O. The van der Waals surface area contributed by atoms with Crippen molar-refractivity contribution in [3.63, 3.8) is 0 Å². The van der Waals surface area contributed by atoms with Crippen molar-refractivity contribution in [1.82, 2.24) is 10.2 Å².